The van der Waals surface area contributed by atoms with Crippen molar-refractivity contribution >= 4 is 16.8 Å². The molecule has 2 unspecified atom stereocenters. The molecule has 7 nitrogen and oxygen atoms in total. The number of carbonyl (C=O) groups excluding carboxylic acids is 1. The zero-order chi connectivity index (χ0) is 17.9. The van der Waals surface area contributed by atoms with Gasteiger partial charge in [0.1, 0.15) is 0 Å². The van der Waals surface area contributed by atoms with Gasteiger partial charge in [-0.15, -0.1) is 0 Å². The molecule has 26 heavy (non-hydrogen) atoms. The average molecular weight is 350 g/mol. The Labute approximate surface area is 151 Å². The lowest BCUT2D eigenvalue weighted by molar-refractivity contribution is -0.122. The second kappa shape index (κ2) is 7.23. The van der Waals surface area contributed by atoms with E-state index in [1.54, 1.807) is 12.4 Å². The summed E-state index contributed by atoms with van der Waals surface area (Å²) >= 11 is 0. The SMILES string of the molecule is Cc1ccc2cnn(CCC(=O)NC3CC(c4ccncc4)NN3)c2c1. The van der Waals surface area contributed by atoms with Gasteiger partial charge in [0.15, 0.2) is 0 Å². The number of hydrazine groups is 1. The minimum absolute atomic E-state index is 0.0102. The van der Waals surface area contributed by atoms with Crippen LogP contribution in [0.25, 0.3) is 10.9 Å². The Balaban J connectivity index is 1.31. The minimum Gasteiger partial charge on any atom is -0.339 e. The van der Waals surface area contributed by atoms with E-state index in [1.165, 1.54) is 5.56 Å². The molecule has 0 bridgehead atoms. The quantitative estimate of drug-likeness (QED) is 0.654. The van der Waals surface area contributed by atoms with Crippen LogP contribution in [0.2, 0.25) is 0 Å². The van der Waals surface area contributed by atoms with E-state index in [9.17, 15) is 4.79 Å². The molecule has 1 aromatic carbocycles. The highest BCUT2D eigenvalue weighted by Gasteiger charge is 2.25. The molecule has 3 heterocycles. The first-order valence-electron chi connectivity index (χ1n) is 8.81. The molecule has 0 radical (unpaired) electrons. The van der Waals surface area contributed by atoms with Crippen molar-refractivity contribution in [1.29, 1.82) is 0 Å². The molecule has 0 spiro atoms. The molecule has 134 valence electrons. The van der Waals surface area contributed by atoms with Crippen molar-refractivity contribution in [3.05, 3.63) is 60.0 Å². The van der Waals surface area contributed by atoms with Crippen LogP contribution in [0.15, 0.2) is 48.9 Å². The third-order valence-electron chi connectivity index (χ3n) is 4.70. The molecule has 4 rings (SSSR count). The molecule has 0 aliphatic carbocycles. The van der Waals surface area contributed by atoms with Gasteiger partial charge in [0.25, 0.3) is 0 Å². The number of hydrogen-bond donors (Lipinski definition) is 3. The molecule has 7 heteroatoms. The largest absolute Gasteiger partial charge is 0.339 e. The van der Waals surface area contributed by atoms with Crippen LogP contribution < -0.4 is 16.2 Å². The standard InChI is InChI=1S/C19H22N6O/c1-13-2-3-15-12-21-25(17(15)10-13)9-6-19(26)22-18-11-16(23-24-18)14-4-7-20-8-5-14/h2-5,7-8,10,12,16,18,23-24H,6,9,11H2,1H3,(H,22,26). The highest BCUT2D eigenvalue weighted by Crippen LogP contribution is 2.20. The number of aromatic nitrogens is 3. The first-order valence-corrected chi connectivity index (χ1v) is 8.81. The summed E-state index contributed by atoms with van der Waals surface area (Å²) in [6, 6.07) is 10.4. The minimum atomic E-state index is -0.0859. The van der Waals surface area contributed by atoms with Crippen LogP contribution >= 0.6 is 0 Å². The van der Waals surface area contributed by atoms with Crippen molar-refractivity contribution in [2.45, 2.75) is 38.5 Å². The lowest BCUT2D eigenvalue weighted by Crippen LogP contribution is -2.44. The lowest BCUT2D eigenvalue weighted by Gasteiger charge is -2.12. The second-order valence-electron chi connectivity index (χ2n) is 6.66. The number of pyridine rings is 1. The Hall–Kier alpha value is -2.77. The Morgan fingerprint density at radius 1 is 1.27 bits per heavy atom. The van der Waals surface area contributed by atoms with Crippen molar-refractivity contribution in [3.63, 3.8) is 0 Å². The van der Waals surface area contributed by atoms with E-state index in [-0.39, 0.29) is 18.1 Å². The van der Waals surface area contributed by atoms with E-state index in [0.29, 0.717) is 13.0 Å². The van der Waals surface area contributed by atoms with E-state index in [1.807, 2.05) is 23.0 Å². The Kier molecular flexibility index (Phi) is 4.64. The Morgan fingerprint density at radius 2 is 2.12 bits per heavy atom. The first-order chi connectivity index (χ1) is 12.7. The summed E-state index contributed by atoms with van der Waals surface area (Å²) in [6.45, 7) is 2.62. The van der Waals surface area contributed by atoms with Crippen molar-refractivity contribution in [1.82, 2.24) is 30.9 Å². The molecule has 1 fully saturated rings. The zero-order valence-corrected chi connectivity index (χ0v) is 14.6. The smallest absolute Gasteiger partial charge is 0.223 e. The summed E-state index contributed by atoms with van der Waals surface area (Å²) < 4.78 is 1.89. The molecule has 3 aromatic rings. The predicted molar refractivity (Wildman–Crippen MR) is 98.9 cm³/mol. The summed E-state index contributed by atoms with van der Waals surface area (Å²) in [5.41, 5.74) is 9.77. The highest BCUT2D eigenvalue weighted by molar-refractivity contribution is 5.80. The number of rotatable bonds is 5. The topological polar surface area (TPSA) is 83.9 Å². The molecule has 1 aliphatic rings. The molecule has 0 saturated carbocycles. The summed E-state index contributed by atoms with van der Waals surface area (Å²) in [4.78, 5) is 16.3. The fraction of sp³-hybridized carbons (Fsp3) is 0.316. The van der Waals surface area contributed by atoms with Gasteiger partial charge < -0.3 is 5.32 Å². The molecule has 2 atom stereocenters. The van der Waals surface area contributed by atoms with Gasteiger partial charge in [-0.3, -0.25) is 14.5 Å². The number of fused-ring (bicyclic) bond motifs is 1. The monoisotopic (exact) mass is 350 g/mol. The number of nitrogens with zero attached hydrogens (tertiary/aromatic N) is 3. The van der Waals surface area contributed by atoms with E-state index < -0.39 is 0 Å². The third kappa shape index (κ3) is 3.58. The van der Waals surface area contributed by atoms with Crippen LogP contribution in [0, 0.1) is 6.92 Å². The molecule has 1 amide bonds. The van der Waals surface area contributed by atoms with Gasteiger partial charge >= 0.3 is 0 Å². The van der Waals surface area contributed by atoms with Crippen LogP contribution in [-0.4, -0.2) is 26.8 Å². The number of amides is 1. The Morgan fingerprint density at radius 3 is 2.96 bits per heavy atom. The van der Waals surface area contributed by atoms with E-state index in [2.05, 4.69) is 51.4 Å². The van der Waals surface area contributed by atoms with Crippen LogP contribution in [0.5, 0.6) is 0 Å². The molecule has 1 saturated heterocycles. The van der Waals surface area contributed by atoms with Gasteiger partial charge in [0.2, 0.25) is 5.91 Å². The number of aryl methyl sites for hydroxylation is 2. The highest BCUT2D eigenvalue weighted by atomic mass is 16.1. The van der Waals surface area contributed by atoms with Crippen LogP contribution in [0.4, 0.5) is 0 Å². The maximum atomic E-state index is 12.3. The van der Waals surface area contributed by atoms with E-state index in [4.69, 9.17) is 0 Å². The van der Waals surface area contributed by atoms with Gasteiger partial charge in [0, 0.05) is 36.7 Å². The van der Waals surface area contributed by atoms with Gasteiger partial charge in [-0.2, -0.15) is 5.10 Å². The summed E-state index contributed by atoms with van der Waals surface area (Å²) in [7, 11) is 0. The van der Waals surface area contributed by atoms with Gasteiger partial charge in [-0.1, -0.05) is 12.1 Å². The second-order valence-corrected chi connectivity index (χ2v) is 6.66. The summed E-state index contributed by atoms with van der Waals surface area (Å²) in [6.07, 6.45) is 6.49. The molecule has 3 N–H and O–H groups in total. The van der Waals surface area contributed by atoms with Crippen LogP contribution in [0.1, 0.15) is 30.0 Å². The molecular weight excluding hydrogens is 328 g/mol. The third-order valence-corrected chi connectivity index (χ3v) is 4.70. The number of benzene rings is 1. The molecule has 1 aliphatic heterocycles. The maximum Gasteiger partial charge on any atom is 0.223 e. The summed E-state index contributed by atoms with van der Waals surface area (Å²) in [5, 5.41) is 8.52. The van der Waals surface area contributed by atoms with E-state index in [0.717, 1.165) is 22.9 Å². The maximum absolute atomic E-state index is 12.3. The normalized spacial score (nSPS) is 19.7. The number of carbonyl (C=O) groups is 1. The van der Waals surface area contributed by atoms with Gasteiger partial charge in [0.05, 0.1) is 24.4 Å². The average Bonchev–Trinajstić information content (AvgIpc) is 3.27. The molecule has 2 aromatic heterocycles. The number of nitrogens with one attached hydrogen (secondary N) is 3. The number of hydrogen-bond acceptors (Lipinski definition) is 5. The van der Waals surface area contributed by atoms with Crippen molar-refractivity contribution < 1.29 is 4.79 Å². The van der Waals surface area contributed by atoms with Crippen LogP contribution in [0.3, 0.4) is 0 Å². The van der Waals surface area contributed by atoms with Gasteiger partial charge in [-0.25, -0.2) is 10.9 Å². The van der Waals surface area contributed by atoms with Crippen molar-refractivity contribution in [3.8, 4) is 0 Å². The van der Waals surface area contributed by atoms with Crippen LogP contribution in [-0.2, 0) is 11.3 Å². The lowest BCUT2D eigenvalue weighted by atomic mass is 10.1. The zero-order valence-electron chi connectivity index (χ0n) is 14.6. The van der Waals surface area contributed by atoms with Crippen molar-refractivity contribution in [2.75, 3.05) is 0 Å². The van der Waals surface area contributed by atoms with Gasteiger partial charge in [-0.05, 0) is 36.2 Å². The Bertz CT molecular complexity index is 907. The fourth-order valence-electron chi connectivity index (χ4n) is 3.30. The predicted octanol–water partition coefficient (Wildman–Crippen LogP) is 1.81. The first kappa shape index (κ1) is 16.7. The fourth-order valence-corrected chi connectivity index (χ4v) is 3.30. The van der Waals surface area contributed by atoms with Crippen molar-refractivity contribution in [2.24, 2.45) is 0 Å². The summed E-state index contributed by atoms with van der Waals surface area (Å²) in [5.74, 6) is 0.0102. The molecular formula is C19H22N6O. The van der Waals surface area contributed by atoms with E-state index >= 15 is 0 Å².